The summed E-state index contributed by atoms with van der Waals surface area (Å²) in [6.45, 7) is 1.80. The Morgan fingerprint density at radius 2 is 2.03 bits per heavy atom. The van der Waals surface area contributed by atoms with Gasteiger partial charge in [0.15, 0.2) is 0 Å². The van der Waals surface area contributed by atoms with E-state index in [1.807, 2.05) is 29.8 Å². The Morgan fingerprint density at radius 3 is 2.76 bits per heavy atom. The predicted octanol–water partition coefficient (Wildman–Crippen LogP) is 3.57. The maximum atomic E-state index is 13.2. The molecule has 34 heavy (non-hydrogen) atoms. The Hall–Kier alpha value is -4.24. The molecule has 2 aromatic carbocycles. The van der Waals surface area contributed by atoms with Crippen LogP contribution >= 0.6 is 0 Å². The smallest absolute Gasteiger partial charge is 0.261 e. The molecule has 0 aliphatic rings. The monoisotopic (exact) mass is 458 g/mol. The second-order valence-electron chi connectivity index (χ2n) is 8.16. The van der Waals surface area contributed by atoms with E-state index in [0.717, 1.165) is 27.8 Å². The largest absolute Gasteiger partial charge is 0.394 e. The molecule has 0 spiro atoms. The molecule has 5 aromatic rings. The number of nitrogens with zero attached hydrogens (tertiary/aromatic N) is 3. The van der Waals surface area contributed by atoms with Gasteiger partial charge in [0.2, 0.25) is 0 Å². The van der Waals surface area contributed by atoms with Crippen molar-refractivity contribution in [2.24, 2.45) is 0 Å². The van der Waals surface area contributed by atoms with E-state index in [4.69, 9.17) is 4.98 Å². The number of imidazole rings is 2. The van der Waals surface area contributed by atoms with Gasteiger partial charge in [0.1, 0.15) is 17.2 Å². The maximum Gasteiger partial charge on any atom is 0.261 e. The van der Waals surface area contributed by atoms with E-state index in [-0.39, 0.29) is 24.0 Å². The molecule has 0 unspecified atom stereocenters. The number of fused-ring (bicyclic) bond motifs is 1. The Bertz CT molecular complexity index is 1490. The molecule has 0 radical (unpaired) electrons. The highest BCUT2D eigenvalue weighted by Crippen LogP contribution is 2.28. The first kappa shape index (κ1) is 21.6. The lowest BCUT2D eigenvalue weighted by Gasteiger charge is -2.19. The van der Waals surface area contributed by atoms with Crippen LogP contribution in [0.15, 0.2) is 72.2 Å². The van der Waals surface area contributed by atoms with E-state index in [9.17, 15) is 14.3 Å². The first-order valence-electron chi connectivity index (χ1n) is 10.8. The topological polar surface area (TPSA) is 112 Å². The van der Waals surface area contributed by atoms with Crippen LogP contribution in [0.25, 0.3) is 28.1 Å². The van der Waals surface area contributed by atoms with Crippen molar-refractivity contribution in [1.82, 2.24) is 24.5 Å². The van der Waals surface area contributed by atoms with Crippen LogP contribution in [-0.2, 0) is 6.42 Å². The molecule has 5 rings (SSSR count). The van der Waals surface area contributed by atoms with E-state index in [1.165, 1.54) is 12.1 Å². The molecule has 0 bridgehead atoms. The fourth-order valence-electron chi connectivity index (χ4n) is 4.07. The van der Waals surface area contributed by atoms with Gasteiger partial charge < -0.3 is 25.0 Å². The number of hydrogen-bond donors (Lipinski definition) is 4. The Morgan fingerprint density at radius 1 is 1.21 bits per heavy atom. The summed E-state index contributed by atoms with van der Waals surface area (Å²) in [4.78, 5) is 27.6. The molecule has 0 saturated carbocycles. The van der Waals surface area contributed by atoms with E-state index < -0.39 is 0 Å². The van der Waals surface area contributed by atoms with Gasteiger partial charge in [0.05, 0.1) is 35.7 Å². The normalized spacial score (nSPS) is 12.2. The van der Waals surface area contributed by atoms with Crippen molar-refractivity contribution in [3.63, 3.8) is 0 Å². The number of aromatic amines is 2. The predicted molar refractivity (Wildman–Crippen MR) is 129 cm³/mol. The number of H-pyrrole nitrogens is 2. The average molecular weight is 458 g/mol. The molecular weight excluding hydrogens is 435 g/mol. The first-order valence-corrected chi connectivity index (χ1v) is 10.8. The number of aliphatic hydroxyl groups is 1. The lowest BCUT2D eigenvalue weighted by atomic mass is 10.1. The number of rotatable bonds is 7. The number of nitrogens with one attached hydrogen (secondary N) is 3. The van der Waals surface area contributed by atoms with Crippen LogP contribution in [0.2, 0.25) is 0 Å². The summed E-state index contributed by atoms with van der Waals surface area (Å²) in [6, 6.07) is 11.4. The third-order valence-corrected chi connectivity index (χ3v) is 5.74. The number of anilines is 1. The number of pyridine rings is 1. The molecule has 4 N–H and O–H groups in total. The van der Waals surface area contributed by atoms with Gasteiger partial charge in [-0.2, -0.15) is 0 Å². The number of halogens is 1. The SMILES string of the molecule is Cc1cc(-n2ccnc2)cc2[nH]c(-c3c(N[C@H](CO)Cc4ccc(F)cc4)cc[nH]c3=O)nc12. The van der Waals surface area contributed by atoms with Crippen LogP contribution in [-0.4, -0.2) is 42.3 Å². The van der Waals surface area contributed by atoms with Crippen LogP contribution in [0.3, 0.4) is 0 Å². The molecule has 0 aliphatic carbocycles. The number of aromatic nitrogens is 5. The number of hydrogen-bond acceptors (Lipinski definition) is 5. The Balaban J connectivity index is 1.51. The quantitative estimate of drug-likeness (QED) is 0.298. The molecule has 0 fully saturated rings. The van der Waals surface area contributed by atoms with Crippen molar-refractivity contribution in [1.29, 1.82) is 0 Å². The van der Waals surface area contributed by atoms with Crippen molar-refractivity contribution in [3.05, 3.63) is 94.7 Å². The molecule has 3 heterocycles. The summed E-state index contributed by atoms with van der Waals surface area (Å²) < 4.78 is 15.1. The zero-order valence-corrected chi connectivity index (χ0v) is 18.4. The molecular formula is C25H23FN6O2. The van der Waals surface area contributed by atoms with Crippen molar-refractivity contribution in [3.8, 4) is 17.1 Å². The lowest BCUT2D eigenvalue weighted by Crippen LogP contribution is -2.28. The van der Waals surface area contributed by atoms with Gasteiger partial charge >= 0.3 is 0 Å². The van der Waals surface area contributed by atoms with E-state index >= 15 is 0 Å². The van der Waals surface area contributed by atoms with Crippen molar-refractivity contribution >= 4 is 16.7 Å². The van der Waals surface area contributed by atoms with Crippen LogP contribution in [0.5, 0.6) is 0 Å². The lowest BCUT2D eigenvalue weighted by molar-refractivity contribution is 0.273. The van der Waals surface area contributed by atoms with Gasteiger partial charge in [-0.25, -0.2) is 14.4 Å². The average Bonchev–Trinajstić information content (AvgIpc) is 3.50. The molecule has 0 saturated heterocycles. The number of aryl methyl sites for hydroxylation is 1. The summed E-state index contributed by atoms with van der Waals surface area (Å²) in [5, 5.41) is 13.2. The number of aliphatic hydroxyl groups excluding tert-OH is 1. The minimum Gasteiger partial charge on any atom is -0.394 e. The third-order valence-electron chi connectivity index (χ3n) is 5.74. The Labute approximate surface area is 194 Å². The third kappa shape index (κ3) is 4.20. The zero-order valence-electron chi connectivity index (χ0n) is 18.4. The van der Waals surface area contributed by atoms with Crippen LogP contribution in [0.1, 0.15) is 11.1 Å². The zero-order chi connectivity index (χ0) is 23.7. The summed E-state index contributed by atoms with van der Waals surface area (Å²) >= 11 is 0. The summed E-state index contributed by atoms with van der Waals surface area (Å²) in [5.74, 6) is 0.106. The molecule has 0 amide bonds. The number of benzene rings is 2. The fourth-order valence-corrected chi connectivity index (χ4v) is 4.07. The maximum absolute atomic E-state index is 13.2. The van der Waals surface area contributed by atoms with Gasteiger partial charge in [0.25, 0.3) is 5.56 Å². The van der Waals surface area contributed by atoms with Crippen molar-refractivity contribution in [2.75, 3.05) is 11.9 Å². The van der Waals surface area contributed by atoms with Gasteiger partial charge in [-0.15, -0.1) is 0 Å². The summed E-state index contributed by atoms with van der Waals surface area (Å²) in [5.41, 5.74) is 4.88. The molecule has 0 aliphatic heterocycles. The molecule has 3 aromatic heterocycles. The van der Waals surface area contributed by atoms with Gasteiger partial charge in [-0.1, -0.05) is 12.1 Å². The molecule has 1 atom stereocenters. The molecule has 9 heteroatoms. The minimum absolute atomic E-state index is 0.170. The molecule has 172 valence electrons. The van der Waals surface area contributed by atoms with Crippen molar-refractivity contribution < 1.29 is 9.50 Å². The van der Waals surface area contributed by atoms with Crippen LogP contribution < -0.4 is 10.9 Å². The standard InChI is InChI=1S/C25H23FN6O2/c1-15-10-19(32-9-8-27-14-32)12-21-23(15)31-24(30-21)22-20(6-7-28-25(22)34)29-18(13-33)11-16-2-4-17(26)5-3-16/h2-10,12,14,18,33H,11,13H2,1H3,(H,30,31)(H2,28,29,34)/t18-/m0/s1. The van der Waals surface area contributed by atoms with E-state index in [1.54, 1.807) is 36.9 Å². The summed E-state index contributed by atoms with van der Waals surface area (Å²) in [7, 11) is 0. The highest BCUT2D eigenvalue weighted by atomic mass is 19.1. The van der Waals surface area contributed by atoms with Gasteiger partial charge in [-0.05, 0) is 54.8 Å². The van der Waals surface area contributed by atoms with Crippen LogP contribution in [0.4, 0.5) is 10.1 Å². The molecule has 8 nitrogen and oxygen atoms in total. The first-order chi connectivity index (χ1) is 16.5. The second kappa shape index (κ2) is 8.95. The fraction of sp³-hybridized carbons (Fsp3) is 0.160. The van der Waals surface area contributed by atoms with Gasteiger partial charge in [-0.3, -0.25) is 4.79 Å². The van der Waals surface area contributed by atoms with Crippen LogP contribution in [0, 0.1) is 12.7 Å². The second-order valence-corrected chi connectivity index (χ2v) is 8.16. The van der Waals surface area contributed by atoms with E-state index in [2.05, 4.69) is 20.3 Å². The van der Waals surface area contributed by atoms with Gasteiger partial charge in [0, 0.05) is 24.3 Å². The summed E-state index contributed by atoms with van der Waals surface area (Å²) in [6.07, 6.45) is 7.29. The Kier molecular flexibility index (Phi) is 5.69. The van der Waals surface area contributed by atoms with Crippen molar-refractivity contribution in [2.45, 2.75) is 19.4 Å². The highest BCUT2D eigenvalue weighted by molar-refractivity contribution is 5.86. The minimum atomic E-state index is -0.384. The van der Waals surface area contributed by atoms with E-state index in [0.29, 0.717) is 23.5 Å². The highest BCUT2D eigenvalue weighted by Gasteiger charge is 2.18.